The molecule has 1 N–H and O–H groups in total. The third-order valence-electron chi connectivity index (χ3n) is 3.60. The van der Waals surface area contributed by atoms with Gasteiger partial charge in [-0.3, -0.25) is 14.8 Å². The van der Waals surface area contributed by atoms with Gasteiger partial charge in [-0.15, -0.1) is 5.10 Å². The molecule has 0 aliphatic rings. The minimum Gasteiger partial charge on any atom is -0.288 e. The fourth-order valence-corrected chi connectivity index (χ4v) is 2.33. The number of anilines is 1. The van der Waals surface area contributed by atoms with Crippen LogP contribution in [-0.4, -0.2) is 30.5 Å². The Bertz CT molecular complexity index is 819. The van der Waals surface area contributed by atoms with Gasteiger partial charge >= 0.3 is 0 Å². The van der Waals surface area contributed by atoms with E-state index in [1.54, 1.807) is 28.0 Å². The van der Waals surface area contributed by atoms with Gasteiger partial charge in [0.15, 0.2) is 0 Å². The molecule has 0 unspecified atom stereocenters. The van der Waals surface area contributed by atoms with Crippen molar-refractivity contribution >= 4 is 11.9 Å². The van der Waals surface area contributed by atoms with Gasteiger partial charge in [-0.05, 0) is 31.0 Å². The van der Waals surface area contributed by atoms with E-state index in [1.165, 1.54) is 11.1 Å². The number of aryl methyl sites for hydroxylation is 2. The predicted molar refractivity (Wildman–Crippen MR) is 86.2 cm³/mol. The van der Waals surface area contributed by atoms with E-state index in [-0.39, 0.29) is 11.9 Å². The van der Waals surface area contributed by atoms with Crippen LogP contribution in [0.1, 0.15) is 28.5 Å². The number of hydrogen-bond donors (Lipinski definition) is 1. The van der Waals surface area contributed by atoms with Crippen LogP contribution in [0.2, 0.25) is 0 Å². The minimum absolute atomic E-state index is 0.266. The van der Waals surface area contributed by atoms with Crippen molar-refractivity contribution in [2.24, 2.45) is 0 Å². The molecule has 0 saturated heterocycles. The SMILES string of the molecule is CCn1nccc1C(=O)Nc1ncn(Cc2ccccc2C)n1. The molecule has 3 aromatic rings. The highest BCUT2D eigenvalue weighted by Gasteiger charge is 2.13. The summed E-state index contributed by atoms with van der Waals surface area (Å²) in [6.07, 6.45) is 3.21. The van der Waals surface area contributed by atoms with E-state index >= 15 is 0 Å². The lowest BCUT2D eigenvalue weighted by Crippen LogP contribution is -2.18. The topological polar surface area (TPSA) is 77.6 Å². The first-order valence-corrected chi connectivity index (χ1v) is 7.44. The molecule has 0 bridgehead atoms. The number of hydrogen-bond acceptors (Lipinski definition) is 4. The van der Waals surface area contributed by atoms with Crippen LogP contribution in [0.3, 0.4) is 0 Å². The number of benzene rings is 1. The molecule has 7 heteroatoms. The average molecular weight is 310 g/mol. The Hall–Kier alpha value is -2.96. The zero-order valence-corrected chi connectivity index (χ0v) is 13.1. The summed E-state index contributed by atoms with van der Waals surface area (Å²) in [5.41, 5.74) is 2.85. The van der Waals surface area contributed by atoms with Crippen molar-refractivity contribution in [1.29, 1.82) is 0 Å². The summed E-state index contributed by atoms with van der Waals surface area (Å²) < 4.78 is 3.33. The standard InChI is InChI=1S/C16H18N6O/c1-3-22-14(8-9-18-22)15(23)19-16-17-11-21(20-16)10-13-7-5-4-6-12(13)2/h4-9,11H,3,10H2,1-2H3,(H,19,20,23). The van der Waals surface area contributed by atoms with Crippen molar-refractivity contribution in [3.63, 3.8) is 0 Å². The number of nitrogens with one attached hydrogen (secondary N) is 1. The van der Waals surface area contributed by atoms with Crippen molar-refractivity contribution in [1.82, 2.24) is 24.5 Å². The van der Waals surface area contributed by atoms with Gasteiger partial charge in [0.2, 0.25) is 5.95 Å². The van der Waals surface area contributed by atoms with Crippen molar-refractivity contribution in [3.8, 4) is 0 Å². The van der Waals surface area contributed by atoms with Gasteiger partial charge < -0.3 is 0 Å². The van der Waals surface area contributed by atoms with Crippen LogP contribution in [0.25, 0.3) is 0 Å². The van der Waals surface area contributed by atoms with E-state index in [4.69, 9.17) is 0 Å². The van der Waals surface area contributed by atoms with Crippen LogP contribution in [0.15, 0.2) is 42.9 Å². The second-order valence-electron chi connectivity index (χ2n) is 5.18. The molecule has 0 saturated carbocycles. The van der Waals surface area contributed by atoms with Crippen molar-refractivity contribution < 1.29 is 4.79 Å². The molecule has 0 radical (unpaired) electrons. The molecule has 0 aliphatic carbocycles. The molecule has 2 aromatic heterocycles. The third-order valence-corrected chi connectivity index (χ3v) is 3.60. The zero-order chi connectivity index (χ0) is 16.2. The van der Waals surface area contributed by atoms with E-state index < -0.39 is 0 Å². The first-order valence-electron chi connectivity index (χ1n) is 7.44. The molecule has 0 fully saturated rings. The molecule has 1 amide bonds. The molecular weight excluding hydrogens is 292 g/mol. The number of rotatable bonds is 5. The second kappa shape index (κ2) is 6.43. The monoisotopic (exact) mass is 310 g/mol. The number of amides is 1. The lowest BCUT2D eigenvalue weighted by molar-refractivity contribution is 0.101. The quantitative estimate of drug-likeness (QED) is 0.783. The summed E-state index contributed by atoms with van der Waals surface area (Å²) in [6, 6.07) is 9.77. The molecule has 2 heterocycles. The van der Waals surface area contributed by atoms with Crippen molar-refractivity contribution in [3.05, 3.63) is 59.7 Å². The minimum atomic E-state index is -0.266. The molecule has 0 spiro atoms. The van der Waals surface area contributed by atoms with Crippen molar-refractivity contribution in [2.75, 3.05) is 5.32 Å². The van der Waals surface area contributed by atoms with Gasteiger partial charge in [0, 0.05) is 12.7 Å². The number of nitrogens with zero attached hydrogens (tertiary/aromatic N) is 5. The Balaban J connectivity index is 1.70. The summed E-state index contributed by atoms with van der Waals surface area (Å²) in [5.74, 6) is 0.0189. The highest BCUT2D eigenvalue weighted by molar-refractivity contribution is 6.01. The molecule has 1 aromatic carbocycles. The Morgan fingerprint density at radius 3 is 2.87 bits per heavy atom. The Kier molecular flexibility index (Phi) is 4.18. The third kappa shape index (κ3) is 3.28. The maximum atomic E-state index is 12.2. The van der Waals surface area contributed by atoms with E-state index in [0.29, 0.717) is 18.8 Å². The zero-order valence-electron chi connectivity index (χ0n) is 13.1. The Morgan fingerprint density at radius 1 is 1.26 bits per heavy atom. The fraction of sp³-hybridized carbons (Fsp3) is 0.250. The molecule has 7 nitrogen and oxygen atoms in total. The highest BCUT2D eigenvalue weighted by Crippen LogP contribution is 2.10. The largest absolute Gasteiger partial charge is 0.288 e. The maximum absolute atomic E-state index is 12.2. The van der Waals surface area contributed by atoms with Crippen LogP contribution in [0.4, 0.5) is 5.95 Å². The number of carbonyl (C=O) groups is 1. The number of carbonyl (C=O) groups excluding carboxylic acids is 1. The van der Waals surface area contributed by atoms with Gasteiger partial charge in [-0.2, -0.15) is 5.10 Å². The normalized spacial score (nSPS) is 10.7. The van der Waals surface area contributed by atoms with Crippen LogP contribution in [0.5, 0.6) is 0 Å². The number of aromatic nitrogens is 5. The van der Waals surface area contributed by atoms with Gasteiger partial charge in [-0.25, -0.2) is 9.67 Å². The maximum Gasteiger partial charge on any atom is 0.276 e. The summed E-state index contributed by atoms with van der Waals surface area (Å²) in [7, 11) is 0. The molecule has 118 valence electrons. The average Bonchev–Trinajstić information content (AvgIpc) is 3.18. The predicted octanol–water partition coefficient (Wildman–Crippen LogP) is 2.10. The molecule has 0 aliphatic heterocycles. The molecule has 3 rings (SSSR count). The van der Waals surface area contributed by atoms with E-state index in [2.05, 4.69) is 39.6 Å². The van der Waals surface area contributed by atoms with Gasteiger partial charge in [0.1, 0.15) is 12.0 Å². The van der Waals surface area contributed by atoms with E-state index in [9.17, 15) is 4.79 Å². The van der Waals surface area contributed by atoms with E-state index in [1.807, 2.05) is 19.1 Å². The van der Waals surface area contributed by atoms with E-state index in [0.717, 1.165) is 0 Å². The van der Waals surface area contributed by atoms with Crippen LogP contribution >= 0.6 is 0 Å². The first-order chi connectivity index (χ1) is 11.2. The second-order valence-corrected chi connectivity index (χ2v) is 5.18. The smallest absolute Gasteiger partial charge is 0.276 e. The summed E-state index contributed by atoms with van der Waals surface area (Å²) in [4.78, 5) is 16.4. The van der Waals surface area contributed by atoms with Crippen molar-refractivity contribution in [2.45, 2.75) is 26.9 Å². The fourth-order valence-electron chi connectivity index (χ4n) is 2.33. The van der Waals surface area contributed by atoms with Gasteiger partial charge in [-0.1, -0.05) is 24.3 Å². The first kappa shape index (κ1) is 15.0. The Morgan fingerprint density at radius 2 is 2.09 bits per heavy atom. The lowest BCUT2D eigenvalue weighted by Gasteiger charge is -2.05. The summed E-state index contributed by atoms with van der Waals surface area (Å²) in [5, 5.41) is 11.1. The van der Waals surface area contributed by atoms with Gasteiger partial charge in [0.05, 0.1) is 6.54 Å². The van der Waals surface area contributed by atoms with Crippen LogP contribution in [0, 0.1) is 6.92 Å². The van der Waals surface area contributed by atoms with Gasteiger partial charge in [0.25, 0.3) is 5.91 Å². The molecule has 23 heavy (non-hydrogen) atoms. The van der Waals surface area contributed by atoms with Crippen LogP contribution < -0.4 is 5.32 Å². The molecular formula is C16H18N6O. The summed E-state index contributed by atoms with van der Waals surface area (Å²) >= 11 is 0. The molecule has 0 atom stereocenters. The highest BCUT2D eigenvalue weighted by atomic mass is 16.2. The summed E-state index contributed by atoms with van der Waals surface area (Å²) in [6.45, 7) is 5.23. The van der Waals surface area contributed by atoms with Crippen LogP contribution in [-0.2, 0) is 13.1 Å². The lowest BCUT2D eigenvalue weighted by atomic mass is 10.1. The Labute approximate surface area is 134 Å².